The second kappa shape index (κ2) is 8.30. The van der Waals surface area contributed by atoms with Crippen LogP contribution in [0.1, 0.15) is 15.9 Å². The molecule has 0 aliphatic carbocycles. The molecule has 6 heteroatoms. The van der Waals surface area contributed by atoms with Gasteiger partial charge in [-0.1, -0.05) is 48.5 Å². The summed E-state index contributed by atoms with van der Waals surface area (Å²) in [4.78, 5) is 23.6. The fourth-order valence-electron chi connectivity index (χ4n) is 2.48. The number of amides is 1. The van der Waals surface area contributed by atoms with Gasteiger partial charge in [-0.2, -0.15) is 0 Å². The molecule has 1 unspecified atom stereocenters. The molecule has 130 valence electrons. The molecule has 3 rings (SSSR count). The Bertz CT molecular complexity index is 704. The highest BCUT2D eigenvalue weighted by atomic mass is 16.6. The summed E-state index contributed by atoms with van der Waals surface area (Å²) in [7, 11) is 0. The number of ether oxygens (including phenoxy) is 3. The van der Waals surface area contributed by atoms with Crippen molar-refractivity contribution >= 4 is 12.1 Å². The summed E-state index contributed by atoms with van der Waals surface area (Å²) < 4.78 is 16.1. The maximum absolute atomic E-state index is 12.3. The topological polar surface area (TPSA) is 73.9 Å². The van der Waals surface area contributed by atoms with Crippen LogP contribution in [-0.4, -0.2) is 37.4 Å². The van der Waals surface area contributed by atoms with Crippen molar-refractivity contribution in [2.24, 2.45) is 0 Å². The zero-order valence-corrected chi connectivity index (χ0v) is 13.6. The largest absolute Gasteiger partial charge is 0.454 e. The molecule has 0 aromatic heterocycles. The summed E-state index contributed by atoms with van der Waals surface area (Å²) in [5.74, 6) is -0.463. The van der Waals surface area contributed by atoms with Crippen LogP contribution in [0.3, 0.4) is 0 Å². The van der Waals surface area contributed by atoms with E-state index in [1.54, 1.807) is 24.3 Å². The Morgan fingerprint density at radius 2 is 1.80 bits per heavy atom. The number of esters is 1. The van der Waals surface area contributed by atoms with Gasteiger partial charge in [0.15, 0.2) is 0 Å². The van der Waals surface area contributed by atoms with Crippen LogP contribution in [0.5, 0.6) is 0 Å². The Labute approximate surface area is 145 Å². The van der Waals surface area contributed by atoms with Gasteiger partial charge in [0, 0.05) is 0 Å². The van der Waals surface area contributed by atoms with Gasteiger partial charge in [0.2, 0.25) is 0 Å². The molecule has 2 atom stereocenters. The van der Waals surface area contributed by atoms with Crippen molar-refractivity contribution in [2.75, 3.05) is 13.2 Å². The first-order valence-corrected chi connectivity index (χ1v) is 8.03. The van der Waals surface area contributed by atoms with E-state index in [1.807, 2.05) is 36.4 Å². The Morgan fingerprint density at radius 1 is 1.12 bits per heavy atom. The molecule has 1 aliphatic heterocycles. The van der Waals surface area contributed by atoms with Crippen molar-refractivity contribution in [2.45, 2.75) is 18.8 Å². The van der Waals surface area contributed by atoms with Crippen molar-refractivity contribution in [3.63, 3.8) is 0 Å². The van der Waals surface area contributed by atoms with E-state index < -0.39 is 24.2 Å². The lowest BCUT2D eigenvalue weighted by Crippen LogP contribution is -2.43. The van der Waals surface area contributed by atoms with Gasteiger partial charge in [-0.05, 0) is 17.7 Å². The maximum atomic E-state index is 12.3. The van der Waals surface area contributed by atoms with E-state index in [1.165, 1.54) is 0 Å². The average Bonchev–Trinajstić information content (AvgIpc) is 3.09. The Balaban J connectivity index is 1.61. The standard InChI is InChI=1S/C19H19NO5/c21-18(15-9-5-2-6-10-15)25-17(16-12-24-19(22)20-16)13-23-11-14-7-3-1-4-8-14/h1-10,16-17H,11-13H2,(H,20,22)/t16-,17?/m0/s1. The highest BCUT2D eigenvalue weighted by Gasteiger charge is 2.33. The maximum Gasteiger partial charge on any atom is 0.407 e. The van der Waals surface area contributed by atoms with Crippen molar-refractivity contribution in [1.82, 2.24) is 5.32 Å². The van der Waals surface area contributed by atoms with E-state index in [-0.39, 0.29) is 13.2 Å². The lowest BCUT2D eigenvalue weighted by Gasteiger charge is -2.22. The Kier molecular flexibility index (Phi) is 5.64. The molecule has 0 spiro atoms. The number of nitrogens with one attached hydrogen (secondary N) is 1. The molecule has 1 amide bonds. The number of carbonyl (C=O) groups is 2. The second-order valence-electron chi connectivity index (χ2n) is 5.66. The number of hydrogen-bond donors (Lipinski definition) is 1. The van der Waals surface area contributed by atoms with Gasteiger partial charge in [0.1, 0.15) is 18.8 Å². The highest BCUT2D eigenvalue weighted by Crippen LogP contribution is 2.12. The number of cyclic esters (lactones) is 1. The lowest BCUT2D eigenvalue weighted by atomic mass is 10.1. The van der Waals surface area contributed by atoms with E-state index in [9.17, 15) is 9.59 Å². The minimum absolute atomic E-state index is 0.139. The van der Waals surface area contributed by atoms with E-state index in [0.29, 0.717) is 12.2 Å². The molecule has 25 heavy (non-hydrogen) atoms. The fourth-order valence-corrected chi connectivity index (χ4v) is 2.48. The Hall–Kier alpha value is -2.86. The summed E-state index contributed by atoms with van der Waals surface area (Å²) in [6.45, 7) is 0.684. The summed E-state index contributed by atoms with van der Waals surface area (Å²) in [6.07, 6.45) is -1.16. The molecule has 2 aromatic rings. The van der Waals surface area contributed by atoms with Crippen LogP contribution >= 0.6 is 0 Å². The first-order chi connectivity index (χ1) is 12.2. The monoisotopic (exact) mass is 341 g/mol. The van der Waals surface area contributed by atoms with Gasteiger partial charge in [0.25, 0.3) is 0 Å². The summed E-state index contributed by atoms with van der Waals surface area (Å²) in [5.41, 5.74) is 1.46. The number of hydrogen-bond acceptors (Lipinski definition) is 5. The van der Waals surface area contributed by atoms with Gasteiger partial charge >= 0.3 is 12.1 Å². The number of benzene rings is 2. The molecule has 0 bridgehead atoms. The van der Waals surface area contributed by atoms with Crippen molar-refractivity contribution in [3.8, 4) is 0 Å². The van der Waals surface area contributed by atoms with Crippen LogP contribution in [-0.2, 0) is 20.8 Å². The van der Waals surface area contributed by atoms with Crippen LogP contribution in [0.4, 0.5) is 4.79 Å². The van der Waals surface area contributed by atoms with Crippen LogP contribution in [0, 0.1) is 0 Å². The second-order valence-corrected chi connectivity index (χ2v) is 5.66. The number of carbonyl (C=O) groups excluding carboxylic acids is 2. The van der Waals surface area contributed by atoms with Crippen LogP contribution < -0.4 is 5.32 Å². The highest BCUT2D eigenvalue weighted by molar-refractivity contribution is 5.89. The van der Waals surface area contributed by atoms with Gasteiger partial charge in [-0.15, -0.1) is 0 Å². The molecule has 1 saturated heterocycles. The predicted octanol–water partition coefficient (Wildman–Crippen LogP) is 2.54. The minimum atomic E-state index is -0.636. The minimum Gasteiger partial charge on any atom is -0.454 e. The Morgan fingerprint density at radius 3 is 2.44 bits per heavy atom. The zero-order valence-electron chi connectivity index (χ0n) is 13.6. The smallest absolute Gasteiger partial charge is 0.407 e. The number of rotatable bonds is 7. The molecule has 1 N–H and O–H groups in total. The molecule has 1 heterocycles. The average molecular weight is 341 g/mol. The molecular weight excluding hydrogens is 322 g/mol. The molecule has 0 radical (unpaired) electrons. The van der Waals surface area contributed by atoms with Crippen molar-refractivity contribution in [1.29, 1.82) is 0 Å². The molecule has 2 aromatic carbocycles. The van der Waals surface area contributed by atoms with Gasteiger partial charge < -0.3 is 19.5 Å². The van der Waals surface area contributed by atoms with Gasteiger partial charge in [-0.25, -0.2) is 9.59 Å². The zero-order chi connectivity index (χ0) is 17.5. The van der Waals surface area contributed by atoms with Crippen LogP contribution in [0.15, 0.2) is 60.7 Å². The number of alkyl carbamates (subject to hydrolysis) is 1. The molecule has 6 nitrogen and oxygen atoms in total. The third kappa shape index (κ3) is 4.81. The third-order valence-electron chi connectivity index (χ3n) is 3.81. The first-order valence-electron chi connectivity index (χ1n) is 8.03. The molecular formula is C19H19NO5. The van der Waals surface area contributed by atoms with E-state index in [0.717, 1.165) is 5.56 Å². The normalized spacial score (nSPS) is 17.4. The van der Waals surface area contributed by atoms with Crippen molar-refractivity contribution < 1.29 is 23.8 Å². The lowest BCUT2D eigenvalue weighted by molar-refractivity contribution is -0.0202. The third-order valence-corrected chi connectivity index (χ3v) is 3.81. The molecule has 1 fully saturated rings. The van der Waals surface area contributed by atoms with Crippen molar-refractivity contribution in [3.05, 3.63) is 71.8 Å². The summed E-state index contributed by atoms with van der Waals surface area (Å²) in [5, 5.41) is 2.64. The first kappa shape index (κ1) is 17.0. The van der Waals surface area contributed by atoms with Gasteiger partial charge in [0.05, 0.1) is 18.8 Å². The van der Waals surface area contributed by atoms with E-state index >= 15 is 0 Å². The SMILES string of the molecule is O=C1N[C@H](C(COCc2ccccc2)OC(=O)c2ccccc2)CO1. The molecule has 1 aliphatic rings. The quantitative estimate of drug-likeness (QED) is 0.784. The predicted molar refractivity (Wildman–Crippen MR) is 90.0 cm³/mol. The van der Waals surface area contributed by atoms with E-state index in [4.69, 9.17) is 14.2 Å². The van der Waals surface area contributed by atoms with E-state index in [2.05, 4.69) is 5.32 Å². The summed E-state index contributed by atoms with van der Waals surface area (Å²) in [6, 6.07) is 17.9. The molecule has 0 saturated carbocycles. The van der Waals surface area contributed by atoms with Gasteiger partial charge in [-0.3, -0.25) is 0 Å². The van der Waals surface area contributed by atoms with Crippen LogP contribution in [0.25, 0.3) is 0 Å². The summed E-state index contributed by atoms with van der Waals surface area (Å²) >= 11 is 0. The van der Waals surface area contributed by atoms with Crippen LogP contribution in [0.2, 0.25) is 0 Å². The fraction of sp³-hybridized carbons (Fsp3) is 0.263.